The summed E-state index contributed by atoms with van der Waals surface area (Å²) >= 11 is 1.26. The topological polar surface area (TPSA) is 83.6 Å². The predicted octanol–water partition coefficient (Wildman–Crippen LogP) is 2.80. The van der Waals surface area contributed by atoms with E-state index in [9.17, 15) is 9.18 Å². The molecule has 2 N–H and O–H groups in total. The molecule has 0 spiro atoms. The summed E-state index contributed by atoms with van der Waals surface area (Å²) in [5.74, 6) is 0.196. The summed E-state index contributed by atoms with van der Waals surface area (Å²) in [6.07, 6.45) is 3.35. The number of hydrogen-bond donors (Lipinski definition) is 2. The summed E-state index contributed by atoms with van der Waals surface area (Å²) in [4.78, 5) is 20.5. The summed E-state index contributed by atoms with van der Waals surface area (Å²) in [6, 6.07) is 9.68. The summed E-state index contributed by atoms with van der Waals surface area (Å²) in [5, 5.41) is 9.94. The van der Waals surface area contributed by atoms with Crippen LogP contribution in [0.1, 0.15) is 12.5 Å². The predicted molar refractivity (Wildman–Crippen MR) is 93.2 cm³/mol. The first kappa shape index (κ1) is 17.1. The number of carbonyl (C=O) groups is 1. The van der Waals surface area contributed by atoms with Crippen LogP contribution in [0.3, 0.4) is 0 Å². The van der Waals surface area contributed by atoms with E-state index < -0.39 is 0 Å². The highest BCUT2D eigenvalue weighted by atomic mass is 32.2. The first-order valence-electron chi connectivity index (χ1n) is 7.63. The third-order valence-corrected chi connectivity index (χ3v) is 4.41. The molecule has 0 aliphatic rings. The minimum atomic E-state index is -0.360. The van der Waals surface area contributed by atoms with Crippen molar-refractivity contribution in [2.75, 3.05) is 0 Å². The summed E-state index contributed by atoms with van der Waals surface area (Å²) < 4.78 is 12.9. The number of rotatable bonds is 6. The number of nitrogens with one attached hydrogen (secondary N) is 2. The molecule has 3 rings (SSSR count). The van der Waals surface area contributed by atoms with Crippen LogP contribution >= 0.6 is 11.8 Å². The van der Waals surface area contributed by atoms with Gasteiger partial charge in [-0.05, 0) is 36.8 Å². The van der Waals surface area contributed by atoms with Crippen LogP contribution in [0.2, 0.25) is 0 Å². The number of halogens is 1. The van der Waals surface area contributed by atoms with Gasteiger partial charge in [-0.2, -0.15) is 0 Å². The smallest absolute Gasteiger partial charge is 0.233 e. The Balaban J connectivity index is 1.54. The lowest BCUT2D eigenvalue weighted by Crippen LogP contribution is -2.30. The van der Waals surface area contributed by atoms with Crippen molar-refractivity contribution in [3.63, 3.8) is 0 Å². The molecule has 0 aliphatic heterocycles. The van der Waals surface area contributed by atoms with Gasteiger partial charge in [0.15, 0.2) is 5.82 Å². The molecule has 0 saturated carbocycles. The van der Waals surface area contributed by atoms with Gasteiger partial charge in [0, 0.05) is 24.5 Å². The maximum Gasteiger partial charge on any atom is 0.233 e. The van der Waals surface area contributed by atoms with Crippen LogP contribution in [-0.2, 0) is 11.3 Å². The van der Waals surface area contributed by atoms with Crippen molar-refractivity contribution in [1.29, 1.82) is 0 Å². The Labute approximate surface area is 148 Å². The molecular formula is C17H16FN5OS. The van der Waals surface area contributed by atoms with Gasteiger partial charge in [0.25, 0.3) is 0 Å². The van der Waals surface area contributed by atoms with E-state index >= 15 is 0 Å². The van der Waals surface area contributed by atoms with Crippen LogP contribution < -0.4 is 5.32 Å². The van der Waals surface area contributed by atoms with E-state index in [1.807, 2.05) is 12.1 Å². The van der Waals surface area contributed by atoms with Crippen LogP contribution in [0.15, 0.2) is 53.9 Å². The third-order valence-electron chi connectivity index (χ3n) is 3.45. The number of thioether (sulfide) groups is 1. The average molecular weight is 357 g/mol. The Morgan fingerprint density at radius 1 is 1.24 bits per heavy atom. The highest BCUT2D eigenvalue weighted by molar-refractivity contribution is 8.00. The van der Waals surface area contributed by atoms with Crippen LogP contribution in [0, 0.1) is 5.82 Å². The minimum absolute atomic E-state index is 0.135. The van der Waals surface area contributed by atoms with Gasteiger partial charge < -0.3 is 5.32 Å². The number of H-pyrrole nitrogens is 1. The van der Waals surface area contributed by atoms with Crippen LogP contribution in [0.4, 0.5) is 4.39 Å². The van der Waals surface area contributed by atoms with Crippen LogP contribution in [0.25, 0.3) is 11.4 Å². The molecule has 0 fully saturated rings. The normalized spacial score (nSPS) is 11.9. The molecule has 2 aromatic heterocycles. The molecule has 0 bridgehead atoms. The molecule has 1 atom stereocenters. The molecule has 6 nitrogen and oxygen atoms in total. The van der Waals surface area contributed by atoms with E-state index in [1.165, 1.54) is 23.9 Å². The van der Waals surface area contributed by atoms with Crippen molar-refractivity contribution >= 4 is 17.7 Å². The first-order valence-corrected chi connectivity index (χ1v) is 8.51. The first-order chi connectivity index (χ1) is 12.1. The average Bonchev–Trinajstić information content (AvgIpc) is 3.10. The Kier molecular flexibility index (Phi) is 5.39. The van der Waals surface area contributed by atoms with Gasteiger partial charge in [0.2, 0.25) is 11.1 Å². The molecule has 3 aromatic rings. The highest BCUT2D eigenvalue weighted by Crippen LogP contribution is 2.22. The molecule has 0 aliphatic carbocycles. The quantitative estimate of drug-likeness (QED) is 0.663. The Hall–Kier alpha value is -2.74. The van der Waals surface area contributed by atoms with Crippen molar-refractivity contribution in [1.82, 2.24) is 25.5 Å². The fourth-order valence-corrected chi connectivity index (χ4v) is 2.83. The number of carbonyl (C=O) groups excluding carboxylic acids is 1. The molecule has 0 radical (unpaired) electrons. The Morgan fingerprint density at radius 3 is 2.68 bits per heavy atom. The van der Waals surface area contributed by atoms with Crippen molar-refractivity contribution in [2.24, 2.45) is 0 Å². The van der Waals surface area contributed by atoms with Gasteiger partial charge in [0.1, 0.15) is 5.82 Å². The van der Waals surface area contributed by atoms with Gasteiger partial charge >= 0.3 is 0 Å². The molecule has 128 valence electrons. The largest absolute Gasteiger partial charge is 0.351 e. The Morgan fingerprint density at radius 2 is 1.96 bits per heavy atom. The highest BCUT2D eigenvalue weighted by Gasteiger charge is 2.17. The second-order valence-electron chi connectivity index (χ2n) is 5.31. The second kappa shape index (κ2) is 7.89. The molecular weight excluding hydrogens is 341 g/mol. The number of benzene rings is 1. The van der Waals surface area contributed by atoms with Crippen LogP contribution in [-0.4, -0.2) is 31.3 Å². The van der Waals surface area contributed by atoms with Crippen molar-refractivity contribution < 1.29 is 9.18 Å². The standard InChI is InChI=1S/C17H16FN5OS/c1-11(16(24)20-10-12-2-4-14(18)5-3-12)25-17-21-15(22-23-17)13-6-8-19-9-7-13/h2-9,11H,10H2,1H3,(H,20,24)(H,21,22,23)/t11-/m1/s1. The van der Waals surface area contributed by atoms with E-state index in [2.05, 4.69) is 25.5 Å². The van der Waals surface area contributed by atoms with Gasteiger partial charge in [-0.3, -0.25) is 14.9 Å². The van der Waals surface area contributed by atoms with Crippen molar-refractivity contribution in [3.8, 4) is 11.4 Å². The molecule has 0 unspecified atom stereocenters. The fourth-order valence-electron chi connectivity index (χ4n) is 2.08. The summed E-state index contributed by atoms with van der Waals surface area (Å²) in [5.41, 5.74) is 1.72. The van der Waals surface area contributed by atoms with Gasteiger partial charge in [-0.1, -0.05) is 23.9 Å². The Bertz CT molecular complexity index is 838. The minimum Gasteiger partial charge on any atom is -0.351 e. The van der Waals surface area contributed by atoms with Gasteiger partial charge in [-0.15, -0.1) is 5.10 Å². The van der Waals surface area contributed by atoms with E-state index in [4.69, 9.17) is 0 Å². The maximum atomic E-state index is 12.9. The molecule has 2 heterocycles. The number of nitrogens with zero attached hydrogens (tertiary/aromatic N) is 3. The maximum absolute atomic E-state index is 12.9. The zero-order valence-corrected chi connectivity index (χ0v) is 14.3. The lowest BCUT2D eigenvalue weighted by atomic mass is 10.2. The summed E-state index contributed by atoms with van der Waals surface area (Å²) in [7, 11) is 0. The lowest BCUT2D eigenvalue weighted by Gasteiger charge is -2.10. The molecule has 0 saturated heterocycles. The fraction of sp³-hybridized carbons (Fsp3) is 0.176. The van der Waals surface area contributed by atoms with E-state index in [0.717, 1.165) is 11.1 Å². The van der Waals surface area contributed by atoms with Crippen molar-refractivity contribution in [2.45, 2.75) is 23.9 Å². The zero-order chi connectivity index (χ0) is 17.6. The molecule has 1 aromatic carbocycles. The third kappa shape index (κ3) is 4.63. The van der Waals surface area contributed by atoms with Crippen molar-refractivity contribution in [3.05, 3.63) is 60.2 Å². The number of aromatic nitrogens is 4. The summed E-state index contributed by atoms with van der Waals surface area (Å²) in [6.45, 7) is 2.13. The zero-order valence-electron chi connectivity index (χ0n) is 13.4. The number of aromatic amines is 1. The van der Waals surface area contributed by atoms with E-state index in [1.54, 1.807) is 31.5 Å². The van der Waals surface area contributed by atoms with Gasteiger partial charge in [-0.25, -0.2) is 9.37 Å². The van der Waals surface area contributed by atoms with Crippen LogP contribution in [0.5, 0.6) is 0 Å². The molecule has 8 heteroatoms. The lowest BCUT2D eigenvalue weighted by molar-refractivity contribution is -0.120. The number of pyridine rings is 1. The van der Waals surface area contributed by atoms with E-state index in [0.29, 0.717) is 17.5 Å². The SMILES string of the molecule is C[C@@H](Sc1n[nH]c(-c2ccncc2)n1)C(=O)NCc1ccc(F)cc1. The van der Waals surface area contributed by atoms with Gasteiger partial charge in [0.05, 0.1) is 5.25 Å². The number of amides is 1. The molecule has 1 amide bonds. The number of hydrogen-bond acceptors (Lipinski definition) is 5. The molecule has 25 heavy (non-hydrogen) atoms. The monoisotopic (exact) mass is 357 g/mol. The second-order valence-corrected chi connectivity index (χ2v) is 6.61. The van der Waals surface area contributed by atoms with E-state index in [-0.39, 0.29) is 17.0 Å².